The van der Waals surface area contributed by atoms with Crippen LogP contribution >= 0.6 is 0 Å². The first-order chi connectivity index (χ1) is 4.88. The predicted octanol–water partition coefficient (Wildman–Crippen LogP) is 2.80. The number of alkyl halides is 1. The molecular formula is C9H9F. The van der Waals surface area contributed by atoms with Crippen LogP contribution in [-0.4, -0.2) is 0 Å². The van der Waals surface area contributed by atoms with Gasteiger partial charge in [0, 0.05) is 0 Å². The normalized spacial score (nSPS) is 9.30. The van der Waals surface area contributed by atoms with E-state index in [-0.39, 0.29) is 0 Å². The summed E-state index contributed by atoms with van der Waals surface area (Å²) in [6.07, 6.45) is 1.66. The van der Waals surface area contributed by atoms with Crippen molar-refractivity contribution in [1.82, 2.24) is 0 Å². The second-order valence-corrected chi connectivity index (χ2v) is 2.04. The van der Waals surface area contributed by atoms with E-state index in [1.165, 1.54) is 0 Å². The molecule has 0 nitrogen and oxygen atoms in total. The third-order valence-electron chi connectivity index (χ3n) is 1.42. The maximum Gasteiger partial charge on any atom is 0.115 e. The van der Waals surface area contributed by atoms with Crippen LogP contribution in [0.25, 0.3) is 6.08 Å². The van der Waals surface area contributed by atoms with Crippen molar-refractivity contribution in [3.63, 3.8) is 0 Å². The van der Waals surface area contributed by atoms with Gasteiger partial charge in [0.05, 0.1) is 0 Å². The minimum atomic E-state index is -0.414. The molecule has 0 aromatic heterocycles. The first kappa shape index (κ1) is 7.00. The monoisotopic (exact) mass is 136 g/mol. The summed E-state index contributed by atoms with van der Waals surface area (Å²) in [6.45, 7) is 3.16. The molecule has 10 heavy (non-hydrogen) atoms. The zero-order chi connectivity index (χ0) is 7.40. The second-order valence-electron chi connectivity index (χ2n) is 2.04. The Bertz CT molecular complexity index is 228. The molecule has 0 radical (unpaired) electrons. The molecule has 0 aliphatic rings. The summed E-state index contributed by atoms with van der Waals surface area (Å²) >= 11 is 0. The molecule has 0 fully saturated rings. The fourth-order valence-corrected chi connectivity index (χ4v) is 0.855. The van der Waals surface area contributed by atoms with Crippen LogP contribution in [-0.2, 0) is 6.67 Å². The highest BCUT2D eigenvalue weighted by molar-refractivity contribution is 5.51. The Balaban J connectivity index is 3.08. The van der Waals surface area contributed by atoms with E-state index in [0.29, 0.717) is 5.56 Å². The smallest absolute Gasteiger partial charge is 0.115 e. The van der Waals surface area contributed by atoms with Crippen LogP contribution in [0.5, 0.6) is 0 Å². The van der Waals surface area contributed by atoms with Crippen molar-refractivity contribution in [3.8, 4) is 0 Å². The molecule has 1 heteroatoms. The predicted molar refractivity (Wildman–Crippen MR) is 41.3 cm³/mol. The fourth-order valence-electron chi connectivity index (χ4n) is 0.855. The first-order valence-electron chi connectivity index (χ1n) is 3.15. The molecule has 0 aliphatic carbocycles. The van der Waals surface area contributed by atoms with Crippen LogP contribution in [0.4, 0.5) is 4.39 Å². The van der Waals surface area contributed by atoms with Gasteiger partial charge in [0.2, 0.25) is 0 Å². The zero-order valence-electron chi connectivity index (χ0n) is 5.68. The van der Waals surface area contributed by atoms with Crippen molar-refractivity contribution in [2.75, 3.05) is 0 Å². The number of hydrogen-bond donors (Lipinski definition) is 0. The van der Waals surface area contributed by atoms with Crippen LogP contribution in [0.3, 0.4) is 0 Å². The molecule has 0 heterocycles. The molecule has 0 atom stereocenters. The lowest BCUT2D eigenvalue weighted by atomic mass is 10.1. The van der Waals surface area contributed by atoms with E-state index in [4.69, 9.17) is 0 Å². The minimum absolute atomic E-state index is 0.414. The molecule has 0 bridgehead atoms. The molecule has 1 aromatic rings. The average Bonchev–Trinajstić information content (AvgIpc) is 2.04. The van der Waals surface area contributed by atoms with E-state index in [1.54, 1.807) is 12.1 Å². The topological polar surface area (TPSA) is 0 Å². The number of benzene rings is 1. The average molecular weight is 136 g/mol. The molecule has 0 amide bonds. The maximum absolute atomic E-state index is 12.1. The van der Waals surface area contributed by atoms with E-state index >= 15 is 0 Å². The Morgan fingerprint density at radius 1 is 1.40 bits per heavy atom. The van der Waals surface area contributed by atoms with Gasteiger partial charge in [0.25, 0.3) is 0 Å². The second kappa shape index (κ2) is 3.16. The van der Waals surface area contributed by atoms with Gasteiger partial charge in [-0.05, 0) is 11.1 Å². The van der Waals surface area contributed by atoms with Crippen molar-refractivity contribution in [1.29, 1.82) is 0 Å². The van der Waals surface area contributed by atoms with Gasteiger partial charge < -0.3 is 0 Å². The van der Waals surface area contributed by atoms with Gasteiger partial charge in [-0.25, -0.2) is 4.39 Å². The van der Waals surface area contributed by atoms with E-state index in [0.717, 1.165) is 5.56 Å². The van der Waals surface area contributed by atoms with E-state index in [2.05, 4.69) is 6.58 Å². The Labute approximate surface area is 60.0 Å². The standard InChI is InChI=1S/C9H9F/c1-2-8-5-3-4-6-9(8)7-10/h2-6H,1,7H2. The van der Waals surface area contributed by atoms with Gasteiger partial charge in [-0.15, -0.1) is 0 Å². The molecule has 0 saturated carbocycles. The molecule has 52 valence electrons. The Morgan fingerprint density at radius 3 is 2.60 bits per heavy atom. The lowest BCUT2D eigenvalue weighted by Crippen LogP contribution is -1.82. The minimum Gasteiger partial charge on any atom is -0.246 e. The van der Waals surface area contributed by atoms with Crippen LogP contribution in [0, 0.1) is 0 Å². The van der Waals surface area contributed by atoms with Gasteiger partial charge in [-0.3, -0.25) is 0 Å². The number of rotatable bonds is 2. The molecule has 0 spiro atoms. The SMILES string of the molecule is C=Cc1ccccc1CF. The molecule has 0 unspecified atom stereocenters. The van der Waals surface area contributed by atoms with Gasteiger partial charge in [-0.1, -0.05) is 36.9 Å². The Morgan fingerprint density at radius 2 is 2.10 bits per heavy atom. The maximum atomic E-state index is 12.1. The molecule has 0 aliphatic heterocycles. The van der Waals surface area contributed by atoms with Gasteiger partial charge in [0.1, 0.15) is 6.67 Å². The highest BCUT2D eigenvalue weighted by atomic mass is 19.1. The molecule has 0 saturated heterocycles. The zero-order valence-corrected chi connectivity index (χ0v) is 5.68. The van der Waals surface area contributed by atoms with Crippen molar-refractivity contribution in [3.05, 3.63) is 42.0 Å². The number of halogens is 1. The third-order valence-corrected chi connectivity index (χ3v) is 1.42. The lowest BCUT2D eigenvalue weighted by Gasteiger charge is -1.97. The van der Waals surface area contributed by atoms with E-state index in [1.807, 2.05) is 18.2 Å². The van der Waals surface area contributed by atoms with E-state index in [9.17, 15) is 4.39 Å². The summed E-state index contributed by atoms with van der Waals surface area (Å²) < 4.78 is 12.1. The quantitative estimate of drug-likeness (QED) is 0.586. The van der Waals surface area contributed by atoms with Crippen LogP contribution in [0.15, 0.2) is 30.8 Å². The third kappa shape index (κ3) is 1.24. The first-order valence-corrected chi connectivity index (χ1v) is 3.15. The molecule has 1 rings (SSSR count). The highest BCUT2D eigenvalue weighted by Gasteiger charge is 1.94. The van der Waals surface area contributed by atoms with Crippen LogP contribution in [0.2, 0.25) is 0 Å². The summed E-state index contributed by atoms with van der Waals surface area (Å²) in [5.41, 5.74) is 1.59. The summed E-state index contributed by atoms with van der Waals surface area (Å²) in [6, 6.07) is 7.30. The van der Waals surface area contributed by atoms with Gasteiger partial charge in [0.15, 0.2) is 0 Å². The molecule has 1 aromatic carbocycles. The highest BCUT2D eigenvalue weighted by Crippen LogP contribution is 2.10. The lowest BCUT2D eigenvalue weighted by molar-refractivity contribution is 0.485. The largest absolute Gasteiger partial charge is 0.246 e. The van der Waals surface area contributed by atoms with Crippen molar-refractivity contribution in [2.45, 2.75) is 6.67 Å². The summed E-state index contributed by atoms with van der Waals surface area (Å²) in [7, 11) is 0. The van der Waals surface area contributed by atoms with Crippen molar-refractivity contribution in [2.24, 2.45) is 0 Å². The Kier molecular flexibility index (Phi) is 2.21. The van der Waals surface area contributed by atoms with E-state index < -0.39 is 6.67 Å². The Hall–Kier alpha value is -1.11. The van der Waals surface area contributed by atoms with Crippen LogP contribution in [0.1, 0.15) is 11.1 Å². The van der Waals surface area contributed by atoms with Gasteiger partial charge in [-0.2, -0.15) is 0 Å². The van der Waals surface area contributed by atoms with Crippen molar-refractivity contribution < 1.29 is 4.39 Å². The summed E-state index contributed by atoms with van der Waals surface area (Å²) in [5, 5.41) is 0. The van der Waals surface area contributed by atoms with Crippen LogP contribution < -0.4 is 0 Å². The summed E-state index contributed by atoms with van der Waals surface area (Å²) in [5.74, 6) is 0. The molecular weight excluding hydrogens is 127 g/mol. The molecule has 0 N–H and O–H groups in total. The van der Waals surface area contributed by atoms with Gasteiger partial charge >= 0.3 is 0 Å². The fraction of sp³-hybridized carbons (Fsp3) is 0.111. The number of hydrogen-bond acceptors (Lipinski definition) is 0. The van der Waals surface area contributed by atoms with Crippen molar-refractivity contribution >= 4 is 6.08 Å². The summed E-state index contributed by atoms with van der Waals surface area (Å²) in [4.78, 5) is 0.